The summed E-state index contributed by atoms with van der Waals surface area (Å²) >= 11 is 5.42. The van der Waals surface area contributed by atoms with E-state index in [2.05, 4.69) is 39.6 Å². The first-order valence-corrected chi connectivity index (χ1v) is 7.36. The van der Waals surface area contributed by atoms with Crippen molar-refractivity contribution in [1.82, 2.24) is 5.32 Å². The molecule has 0 saturated heterocycles. The van der Waals surface area contributed by atoms with E-state index in [0.29, 0.717) is 5.92 Å². The van der Waals surface area contributed by atoms with Crippen LogP contribution >= 0.6 is 27.3 Å². The van der Waals surface area contributed by atoms with E-state index in [1.807, 2.05) is 11.3 Å². The zero-order valence-corrected chi connectivity index (χ0v) is 12.4. The average molecular weight is 306 g/mol. The molecule has 1 N–H and O–H groups in total. The van der Waals surface area contributed by atoms with E-state index in [9.17, 15) is 0 Å². The lowest BCUT2D eigenvalue weighted by molar-refractivity contribution is 0.197. The second kappa shape index (κ2) is 8.23. The summed E-state index contributed by atoms with van der Waals surface area (Å²) in [6, 6.07) is 2.13. The van der Waals surface area contributed by atoms with Crippen LogP contribution < -0.4 is 5.32 Å². The largest absolute Gasteiger partial charge is 0.383 e. The topological polar surface area (TPSA) is 21.3 Å². The highest BCUT2D eigenvalue weighted by Gasteiger charge is 2.10. The maximum atomic E-state index is 5.01. The number of nitrogens with one attached hydrogen (secondary N) is 1. The molecule has 0 radical (unpaired) electrons. The fourth-order valence-corrected chi connectivity index (χ4v) is 3.20. The third kappa shape index (κ3) is 4.95. The Kier molecular flexibility index (Phi) is 7.28. The van der Waals surface area contributed by atoms with Crippen LogP contribution in [0.5, 0.6) is 0 Å². The Hall–Kier alpha value is 0.100. The van der Waals surface area contributed by atoms with Gasteiger partial charge in [-0.1, -0.05) is 13.3 Å². The van der Waals surface area contributed by atoms with Crippen molar-refractivity contribution in [3.05, 3.63) is 20.8 Å². The lowest BCUT2D eigenvalue weighted by Crippen LogP contribution is -2.26. The number of halogens is 1. The molecule has 0 aromatic carbocycles. The standard InChI is InChI=1S/C12H20BrNOS/c1-3-10(9-14-5-6-15-2)8-12-11(13)4-7-16-12/h4,7,10,14H,3,5-6,8-9H2,1-2H3. The molecule has 0 fully saturated rings. The van der Waals surface area contributed by atoms with Gasteiger partial charge in [0.15, 0.2) is 0 Å². The summed E-state index contributed by atoms with van der Waals surface area (Å²) < 4.78 is 6.27. The van der Waals surface area contributed by atoms with Crippen LogP contribution in [0.15, 0.2) is 15.9 Å². The zero-order chi connectivity index (χ0) is 11.8. The average Bonchev–Trinajstić information content (AvgIpc) is 2.68. The van der Waals surface area contributed by atoms with Gasteiger partial charge in [0.2, 0.25) is 0 Å². The van der Waals surface area contributed by atoms with Crippen molar-refractivity contribution in [1.29, 1.82) is 0 Å². The first kappa shape index (κ1) is 14.2. The molecule has 1 atom stereocenters. The van der Waals surface area contributed by atoms with Crippen LogP contribution in [0.3, 0.4) is 0 Å². The van der Waals surface area contributed by atoms with Gasteiger partial charge < -0.3 is 10.1 Å². The molecule has 2 nitrogen and oxygen atoms in total. The molecule has 0 aliphatic rings. The highest BCUT2D eigenvalue weighted by Crippen LogP contribution is 2.26. The van der Waals surface area contributed by atoms with Crippen molar-refractivity contribution in [2.45, 2.75) is 19.8 Å². The number of thiophene rings is 1. The van der Waals surface area contributed by atoms with Crippen molar-refractivity contribution >= 4 is 27.3 Å². The van der Waals surface area contributed by atoms with Gasteiger partial charge in [0.25, 0.3) is 0 Å². The quantitative estimate of drug-likeness (QED) is 0.744. The number of ether oxygens (including phenoxy) is 1. The Labute approximate surface area is 111 Å². The molecule has 1 aromatic rings. The minimum atomic E-state index is 0.715. The minimum absolute atomic E-state index is 0.715. The highest BCUT2D eigenvalue weighted by molar-refractivity contribution is 9.10. The summed E-state index contributed by atoms with van der Waals surface area (Å²) in [6.45, 7) is 5.06. The van der Waals surface area contributed by atoms with Crippen molar-refractivity contribution in [2.75, 3.05) is 26.8 Å². The fraction of sp³-hybridized carbons (Fsp3) is 0.667. The van der Waals surface area contributed by atoms with E-state index in [0.717, 1.165) is 26.1 Å². The Balaban J connectivity index is 2.29. The highest BCUT2D eigenvalue weighted by atomic mass is 79.9. The maximum absolute atomic E-state index is 5.01. The van der Waals surface area contributed by atoms with Crippen LogP contribution in [0.2, 0.25) is 0 Å². The van der Waals surface area contributed by atoms with Crippen molar-refractivity contribution in [3.8, 4) is 0 Å². The van der Waals surface area contributed by atoms with Crippen LogP contribution in [-0.2, 0) is 11.2 Å². The molecular weight excluding hydrogens is 286 g/mol. The Morgan fingerprint density at radius 2 is 2.38 bits per heavy atom. The Bertz CT molecular complexity index is 290. The van der Waals surface area contributed by atoms with Gasteiger partial charge in [0.1, 0.15) is 0 Å². The summed E-state index contributed by atoms with van der Waals surface area (Å²) in [5.74, 6) is 0.715. The van der Waals surface area contributed by atoms with Gasteiger partial charge in [-0.05, 0) is 46.3 Å². The molecule has 0 aliphatic heterocycles. The number of methoxy groups -OCH3 is 1. The molecule has 92 valence electrons. The zero-order valence-electron chi connectivity index (χ0n) is 9.96. The number of rotatable bonds is 8. The summed E-state index contributed by atoms with van der Waals surface area (Å²) in [4.78, 5) is 1.46. The van der Waals surface area contributed by atoms with E-state index < -0.39 is 0 Å². The maximum Gasteiger partial charge on any atom is 0.0587 e. The summed E-state index contributed by atoms with van der Waals surface area (Å²) in [5.41, 5.74) is 0. The van der Waals surface area contributed by atoms with Crippen LogP contribution in [0.1, 0.15) is 18.2 Å². The van der Waals surface area contributed by atoms with Crippen molar-refractivity contribution in [2.24, 2.45) is 5.92 Å². The lowest BCUT2D eigenvalue weighted by atomic mass is 10.0. The SMILES string of the molecule is CCC(CNCCOC)Cc1sccc1Br. The molecule has 16 heavy (non-hydrogen) atoms. The van der Waals surface area contributed by atoms with Crippen LogP contribution in [-0.4, -0.2) is 26.8 Å². The molecule has 0 amide bonds. The molecule has 0 spiro atoms. The fourth-order valence-electron chi connectivity index (χ4n) is 1.57. The predicted molar refractivity (Wildman–Crippen MR) is 74.2 cm³/mol. The molecule has 0 aliphatic carbocycles. The monoisotopic (exact) mass is 305 g/mol. The van der Waals surface area contributed by atoms with Crippen LogP contribution in [0.4, 0.5) is 0 Å². The lowest BCUT2D eigenvalue weighted by Gasteiger charge is -2.15. The predicted octanol–water partition coefficient (Wildman–Crippen LogP) is 3.32. The normalized spacial score (nSPS) is 12.9. The summed E-state index contributed by atoms with van der Waals surface area (Å²) in [5, 5.41) is 5.58. The summed E-state index contributed by atoms with van der Waals surface area (Å²) in [7, 11) is 1.74. The Morgan fingerprint density at radius 1 is 1.56 bits per heavy atom. The third-order valence-electron chi connectivity index (χ3n) is 2.66. The molecule has 1 aromatic heterocycles. The minimum Gasteiger partial charge on any atom is -0.383 e. The van der Waals surface area contributed by atoms with E-state index in [4.69, 9.17) is 4.74 Å². The van der Waals surface area contributed by atoms with Gasteiger partial charge >= 0.3 is 0 Å². The van der Waals surface area contributed by atoms with E-state index >= 15 is 0 Å². The smallest absolute Gasteiger partial charge is 0.0587 e. The molecule has 4 heteroatoms. The molecule has 0 bridgehead atoms. The first-order valence-electron chi connectivity index (χ1n) is 5.69. The second-order valence-corrected chi connectivity index (χ2v) is 5.72. The van der Waals surface area contributed by atoms with Gasteiger partial charge in [-0.2, -0.15) is 0 Å². The Morgan fingerprint density at radius 3 is 2.94 bits per heavy atom. The van der Waals surface area contributed by atoms with E-state index in [1.54, 1.807) is 7.11 Å². The summed E-state index contributed by atoms with van der Waals surface area (Å²) in [6.07, 6.45) is 2.37. The molecule has 1 unspecified atom stereocenters. The molecule has 1 heterocycles. The van der Waals surface area contributed by atoms with E-state index in [1.165, 1.54) is 15.8 Å². The number of hydrogen-bond donors (Lipinski definition) is 1. The van der Waals surface area contributed by atoms with Crippen LogP contribution in [0.25, 0.3) is 0 Å². The van der Waals surface area contributed by atoms with Crippen molar-refractivity contribution in [3.63, 3.8) is 0 Å². The first-order chi connectivity index (χ1) is 7.77. The van der Waals surface area contributed by atoms with Gasteiger partial charge in [0.05, 0.1) is 6.61 Å². The molecular formula is C12H20BrNOS. The van der Waals surface area contributed by atoms with Gasteiger partial charge in [-0.25, -0.2) is 0 Å². The third-order valence-corrected chi connectivity index (χ3v) is 4.61. The van der Waals surface area contributed by atoms with Crippen LogP contribution in [0, 0.1) is 5.92 Å². The number of hydrogen-bond acceptors (Lipinski definition) is 3. The molecule has 0 saturated carbocycles. The van der Waals surface area contributed by atoms with E-state index in [-0.39, 0.29) is 0 Å². The van der Waals surface area contributed by atoms with Gasteiger partial charge in [0, 0.05) is 23.0 Å². The van der Waals surface area contributed by atoms with Gasteiger partial charge in [-0.15, -0.1) is 11.3 Å². The van der Waals surface area contributed by atoms with Gasteiger partial charge in [-0.3, -0.25) is 0 Å². The second-order valence-electron chi connectivity index (χ2n) is 3.87. The van der Waals surface area contributed by atoms with Crippen molar-refractivity contribution < 1.29 is 4.74 Å². The molecule has 1 rings (SSSR count).